The van der Waals surface area contributed by atoms with Crippen LogP contribution < -0.4 is 0 Å². The zero-order valence-electron chi connectivity index (χ0n) is 18.7. The molecule has 0 radical (unpaired) electrons. The van der Waals surface area contributed by atoms with Crippen LogP contribution in [-0.4, -0.2) is 66.1 Å². The summed E-state index contributed by atoms with van der Waals surface area (Å²) in [7, 11) is 1.71. The van der Waals surface area contributed by atoms with E-state index in [2.05, 4.69) is 35.1 Å². The van der Waals surface area contributed by atoms with Crippen molar-refractivity contribution in [2.24, 2.45) is 16.8 Å². The van der Waals surface area contributed by atoms with E-state index in [1.807, 2.05) is 17.2 Å². The topological polar surface area (TPSA) is 48.8 Å². The number of aromatic nitrogens is 1. The molecule has 0 saturated carbocycles. The van der Waals surface area contributed by atoms with Crippen LogP contribution in [0.1, 0.15) is 49.3 Å². The van der Waals surface area contributed by atoms with Crippen molar-refractivity contribution in [3.63, 3.8) is 0 Å². The number of carbonyl (C=O) groups excluding carboxylic acids is 1. The molecular formula is C25H30F2N4O. The number of hydrogen-bond donors (Lipinski definition) is 0. The molecule has 1 unspecified atom stereocenters. The summed E-state index contributed by atoms with van der Waals surface area (Å²) in [6.45, 7) is 3.70. The molecule has 4 heterocycles. The Morgan fingerprint density at radius 2 is 2.00 bits per heavy atom. The van der Waals surface area contributed by atoms with Crippen LogP contribution in [0.5, 0.6) is 0 Å². The molecule has 170 valence electrons. The Morgan fingerprint density at radius 1 is 1.22 bits per heavy atom. The average Bonchev–Trinajstić information content (AvgIpc) is 3.59. The lowest BCUT2D eigenvalue weighted by Crippen LogP contribution is -2.49. The molecule has 3 aliphatic rings. The van der Waals surface area contributed by atoms with Crippen molar-refractivity contribution >= 4 is 23.0 Å². The summed E-state index contributed by atoms with van der Waals surface area (Å²) in [5.41, 5.74) is 3.27. The normalized spacial score (nSPS) is 29.9. The van der Waals surface area contributed by atoms with Gasteiger partial charge in [0.05, 0.1) is 12.1 Å². The first kappa shape index (κ1) is 21.4. The summed E-state index contributed by atoms with van der Waals surface area (Å²) >= 11 is 0. The van der Waals surface area contributed by atoms with Gasteiger partial charge in [-0.25, -0.2) is 8.78 Å². The summed E-state index contributed by atoms with van der Waals surface area (Å²) in [6, 6.07) is 8.42. The van der Waals surface area contributed by atoms with Crippen molar-refractivity contribution in [1.82, 2.24) is 14.8 Å². The smallest absolute Gasteiger partial charge is 0.263 e. The van der Waals surface area contributed by atoms with Crippen molar-refractivity contribution in [2.75, 3.05) is 33.2 Å². The molecule has 4 atom stereocenters. The first-order valence-corrected chi connectivity index (χ1v) is 11.6. The van der Waals surface area contributed by atoms with Gasteiger partial charge in [-0.3, -0.25) is 14.8 Å². The number of hydrogen-bond acceptors (Lipinski definition) is 4. The number of rotatable bonds is 4. The Bertz CT molecular complexity index is 1050. The Morgan fingerprint density at radius 3 is 2.75 bits per heavy atom. The lowest BCUT2D eigenvalue weighted by Gasteiger charge is -2.40. The molecule has 1 amide bonds. The fourth-order valence-electron chi connectivity index (χ4n) is 5.54. The van der Waals surface area contributed by atoms with Crippen LogP contribution in [0.15, 0.2) is 35.5 Å². The number of fused-ring (bicyclic) bond motifs is 1. The number of piperidine rings is 2. The molecule has 3 aliphatic heterocycles. The van der Waals surface area contributed by atoms with Gasteiger partial charge >= 0.3 is 0 Å². The van der Waals surface area contributed by atoms with Crippen LogP contribution in [0.4, 0.5) is 8.78 Å². The third-order valence-electron chi connectivity index (χ3n) is 7.26. The third-order valence-corrected chi connectivity index (χ3v) is 7.26. The fourth-order valence-corrected chi connectivity index (χ4v) is 5.54. The summed E-state index contributed by atoms with van der Waals surface area (Å²) in [4.78, 5) is 25.5. The Hall–Kier alpha value is -2.41. The quantitative estimate of drug-likeness (QED) is 0.713. The lowest BCUT2D eigenvalue weighted by atomic mass is 9.82. The number of aliphatic imine (C=N–C) groups is 1. The second-order valence-corrected chi connectivity index (χ2v) is 9.91. The monoisotopic (exact) mass is 440 g/mol. The number of carbonyl (C=O) groups is 1. The molecule has 0 spiro atoms. The van der Waals surface area contributed by atoms with Crippen LogP contribution >= 0.6 is 0 Å². The van der Waals surface area contributed by atoms with Crippen LogP contribution in [0.2, 0.25) is 0 Å². The van der Waals surface area contributed by atoms with E-state index < -0.39 is 11.8 Å². The highest BCUT2D eigenvalue weighted by Gasteiger charge is 2.45. The van der Waals surface area contributed by atoms with Crippen LogP contribution in [0.3, 0.4) is 0 Å². The van der Waals surface area contributed by atoms with Crippen LogP contribution in [0, 0.1) is 11.8 Å². The van der Waals surface area contributed by atoms with E-state index in [0.717, 1.165) is 22.9 Å². The Balaban J connectivity index is 1.36. The van der Waals surface area contributed by atoms with Gasteiger partial charge in [-0.1, -0.05) is 25.1 Å². The minimum Gasteiger partial charge on any atom is -0.342 e. The van der Waals surface area contributed by atoms with Crippen LogP contribution in [-0.2, 0) is 4.79 Å². The first-order valence-electron chi connectivity index (χ1n) is 11.6. The van der Waals surface area contributed by atoms with E-state index in [0.29, 0.717) is 32.0 Å². The molecule has 7 heteroatoms. The summed E-state index contributed by atoms with van der Waals surface area (Å²) in [6.07, 6.45) is 4.99. The predicted octanol–water partition coefficient (Wildman–Crippen LogP) is 4.29. The Labute approximate surface area is 187 Å². The van der Waals surface area contributed by atoms with E-state index in [1.54, 1.807) is 18.1 Å². The van der Waals surface area contributed by atoms with Crippen molar-refractivity contribution in [3.05, 3.63) is 41.6 Å². The second kappa shape index (κ2) is 8.18. The molecule has 0 bridgehead atoms. The van der Waals surface area contributed by atoms with E-state index in [4.69, 9.17) is 0 Å². The molecule has 1 aromatic carbocycles. The fraction of sp³-hybridized carbons (Fsp3) is 0.560. The molecule has 1 aromatic heterocycles. The van der Waals surface area contributed by atoms with E-state index >= 15 is 0 Å². The highest BCUT2D eigenvalue weighted by atomic mass is 19.3. The molecular weight excluding hydrogens is 410 g/mol. The third kappa shape index (κ3) is 4.15. The molecule has 2 aromatic rings. The van der Waals surface area contributed by atoms with Crippen molar-refractivity contribution < 1.29 is 13.6 Å². The van der Waals surface area contributed by atoms with Gasteiger partial charge in [0.25, 0.3) is 5.92 Å². The number of nitrogens with zero attached hydrogens (tertiary/aromatic N) is 4. The maximum Gasteiger partial charge on any atom is 0.263 e. The van der Waals surface area contributed by atoms with Gasteiger partial charge in [0, 0.05) is 54.7 Å². The summed E-state index contributed by atoms with van der Waals surface area (Å²) in [5.74, 6) is -3.34. The predicted molar refractivity (Wildman–Crippen MR) is 121 cm³/mol. The number of alkyl halides is 2. The summed E-state index contributed by atoms with van der Waals surface area (Å²) in [5, 5.41) is 1.11. The van der Waals surface area contributed by atoms with Crippen molar-refractivity contribution in [3.8, 4) is 0 Å². The van der Waals surface area contributed by atoms with E-state index in [-0.39, 0.29) is 30.8 Å². The maximum absolute atomic E-state index is 14.5. The minimum atomic E-state index is -2.81. The second-order valence-electron chi connectivity index (χ2n) is 9.91. The van der Waals surface area contributed by atoms with E-state index in [9.17, 15) is 13.6 Å². The molecule has 32 heavy (non-hydrogen) atoms. The van der Waals surface area contributed by atoms with E-state index in [1.165, 1.54) is 5.56 Å². The molecule has 2 saturated heterocycles. The first-order chi connectivity index (χ1) is 15.3. The average molecular weight is 441 g/mol. The van der Waals surface area contributed by atoms with Gasteiger partial charge in [0.1, 0.15) is 6.04 Å². The molecule has 0 aliphatic carbocycles. The van der Waals surface area contributed by atoms with Gasteiger partial charge < -0.3 is 9.80 Å². The largest absolute Gasteiger partial charge is 0.342 e. The SMILES string of the molecule is C[C@@H]1C[C@H](c2ccc(C3C=N3)c3ncccc23)CN(C(=O)C[C@@H]2CCN(C)CC2(F)F)C1. The van der Waals surface area contributed by atoms with Gasteiger partial charge in [0.2, 0.25) is 5.91 Å². The van der Waals surface area contributed by atoms with Gasteiger partial charge in [-0.2, -0.15) is 0 Å². The highest BCUT2D eigenvalue weighted by molar-refractivity contribution is 5.92. The Kier molecular flexibility index (Phi) is 5.48. The number of amides is 1. The maximum atomic E-state index is 14.5. The number of likely N-dealkylation sites (tertiary alicyclic amines) is 2. The molecule has 2 fully saturated rings. The molecule has 5 rings (SSSR count). The van der Waals surface area contributed by atoms with Crippen molar-refractivity contribution in [2.45, 2.75) is 44.1 Å². The zero-order chi connectivity index (χ0) is 22.5. The molecule has 5 nitrogen and oxygen atoms in total. The number of pyridine rings is 1. The summed E-state index contributed by atoms with van der Waals surface area (Å²) < 4.78 is 29.0. The minimum absolute atomic E-state index is 0.0689. The van der Waals surface area contributed by atoms with Crippen molar-refractivity contribution in [1.29, 1.82) is 0 Å². The highest BCUT2D eigenvalue weighted by Crippen LogP contribution is 2.39. The number of benzene rings is 1. The lowest BCUT2D eigenvalue weighted by molar-refractivity contribution is -0.145. The molecule has 0 N–H and O–H groups in total. The van der Waals surface area contributed by atoms with Gasteiger partial charge in [-0.15, -0.1) is 0 Å². The van der Waals surface area contributed by atoms with Gasteiger partial charge in [-0.05, 0) is 44.0 Å². The van der Waals surface area contributed by atoms with Gasteiger partial charge in [0.15, 0.2) is 0 Å². The standard InChI is InChI=1S/C25H30F2N4O/c1-16-10-17(19-5-6-21(22-12-29-22)24-20(19)4-3-8-28-24)14-31(13-16)23(32)11-18-7-9-30(2)15-25(18,26)27/h3-6,8,12,16-18,22H,7,9-11,13-15H2,1-2H3/t16-,17+,18+,22?/m1/s1. The number of halogens is 2. The van der Waals surface area contributed by atoms with Crippen LogP contribution in [0.25, 0.3) is 10.9 Å². The zero-order valence-corrected chi connectivity index (χ0v) is 18.7.